The van der Waals surface area contributed by atoms with Crippen molar-refractivity contribution in [2.24, 2.45) is 0 Å². The molecule has 2 rings (SSSR count). The minimum atomic E-state index is 0.110. The van der Waals surface area contributed by atoms with E-state index in [0.717, 1.165) is 25.9 Å². The second-order valence-electron chi connectivity index (χ2n) is 4.25. The molecule has 86 valence electrons. The van der Waals surface area contributed by atoms with Crippen LogP contribution in [-0.4, -0.2) is 25.7 Å². The molecule has 0 radical (unpaired) electrons. The molecule has 0 spiro atoms. The number of anilines is 1. The molecule has 1 heterocycles. The molecule has 0 atom stereocenters. The second-order valence-corrected chi connectivity index (χ2v) is 4.25. The molecule has 0 N–H and O–H groups in total. The molecule has 0 aliphatic carbocycles. The molecule has 3 heteroatoms. The van der Waals surface area contributed by atoms with E-state index in [9.17, 15) is 4.79 Å². The van der Waals surface area contributed by atoms with Gasteiger partial charge in [-0.3, -0.25) is 4.79 Å². The predicted octanol–water partition coefficient (Wildman–Crippen LogP) is 2.14. The number of carbonyl (C=O) groups excluding carboxylic acids is 1. The van der Waals surface area contributed by atoms with Gasteiger partial charge in [-0.2, -0.15) is 0 Å². The Hall–Kier alpha value is -1.51. The summed E-state index contributed by atoms with van der Waals surface area (Å²) in [6.45, 7) is 4.57. The van der Waals surface area contributed by atoms with Crippen LogP contribution in [0.15, 0.2) is 24.3 Å². The molecule has 0 amide bonds. The van der Waals surface area contributed by atoms with Crippen LogP contribution in [0.1, 0.15) is 18.4 Å². The average Bonchev–Trinajstić information content (AvgIpc) is 2.32. The Balaban J connectivity index is 1.93. The first-order chi connectivity index (χ1) is 7.79. The Morgan fingerprint density at radius 3 is 2.44 bits per heavy atom. The van der Waals surface area contributed by atoms with Gasteiger partial charge in [0.1, 0.15) is 6.10 Å². The number of rotatable bonds is 3. The van der Waals surface area contributed by atoms with Crippen LogP contribution in [0, 0.1) is 6.92 Å². The van der Waals surface area contributed by atoms with Gasteiger partial charge in [-0.05, 0) is 19.1 Å². The van der Waals surface area contributed by atoms with E-state index < -0.39 is 0 Å². The highest BCUT2D eigenvalue weighted by atomic mass is 16.5. The third-order valence-corrected chi connectivity index (χ3v) is 3.09. The van der Waals surface area contributed by atoms with Gasteiger partial charge in [0.25, 0.3) is 6.47 Å². The van der Waals surface area contributed by atoms with Gasteiger partial charge in [0, 0.05) is 31.6 Å². The molecule has 1 saturated heterocycles. The van der Waals surface area contributed by atoms with Crippen LogP contribution in [-0.2, 0) is 9.53 Å². The fourth-order valence-electron chi connectivity index (χ4n) is 2.08. The SMILES string of the molecule is Cc1ccc(N2CCC(OC=O)CC2)cc1. The van der Waals surface area contributed by atoms with E-state index in [1.54, 1.807) is 0 Å². The standard InChI is InChI=1S/C13H17NO2/c1-11-2-4-12(5-3-11)14-8-6-13(7-9-14)16-10-15/h2-5,10,13H,6-9H2,1H3. The van der Waals surface area contributed by atoms with Crippen molar-refractivity contribution in [3.63, 3.8) is 0 Å². The van der Waals surface area contributed by atoms with E-state index in [2.05, 4.69) is 36.1 Å². The first-order valence-electron chi connectivity index (χ1n) is 5.70. The summed E-state index contributed by atoms with van der Waals surface area (Å²) in [6.07, 6.45) is 1.96. The smallest absolute Gasteiger partial charge is 0.293 e. The summed E-state index contributed by atoms with van der Waals surface area (Å²) < 4.78 is 4.98. The molecule has 1 fully saturated rings. The minimum Gasteiger partial charge on any atom is -0.464 e. The van der Waals surface area contributed by atoms with Gasteiger partial charge >= 0.3 is 0 Å². The normalized spacial score (nSPS) is 17.2. The first-order valence-corrected chi connectivity index (χ1v) is 5.70. The highest BCUT2D eigenvalue weighted by Gasteiger charge is 2.19. The number of hydrogen-bond acceptors (Lipinski definition) is 3. The number of benzene rings is 1. The van der Waals surface area contributed by atoms with Crippen LogP contribution in [0.2, 0.25) is 0 Å². The zero-order valence-electron chi connectivity index (χ0n) is 9.56. The number of carbonyl (C=O) groups is 1. The Labute approximate surface area is 96.0 Å². The van der Waals surface area contributed by atoms with Gasteiger partial charge in [-0.15, -0.1) is 0 Å². The Morgan fingerprint density at radius 1 is 1.25 bits per heavy atom. The summed E-state index contributed by atoms with van der Waals surface area (Å²) >= 11 is 0. The number of hydrogen-bond donors (Lipinski definition) is 0. The largest absolute Gasteiger partial charge is 0.464 e. The summed E-state index contributed by atoms with van der Waals surface area (Å²) in [4.78, 5) is 12.6. The van der Waals surface area contributed by atoms with E-state index in [1.165, 1.54) is 11.3 Å². The van der Waals surface area contributed by atoms with Crippen LogP contribution in [0.4, 0.5) is 5.69 Å². The summed E-state index contributed by atoms with van der Waals surface area (Å²) in [6, 6.07) is 8.55. The van der Waals surface area contributed by atoms with Gasteiger partial charge in [-0.25, -0.2) is 0 Å². The summed E-state index contributed by atoms with van der Waals surface area (Å²) in [5.41, 5.74) is 2.54. The van der Waals surface area contributed by atoms with Crippen LogP contribution in [0.5, 0.6) is 0 Å². The van der Waals surface area contributed by atoms with Gasteiger partial charge < -0.3 is 9.64 Å². The number of piperidine rings is 1. The van der Waals surface area contributed by atoms with Crippen molar-refractivity contribution in [2.75, 3.05) is 18.0 Å². The van der Waals surface area contributed by atoms with Gasteiger partial charge in [0.15, 0.2) is 0 Å². The average molecular weight is 219 g/mol. The fourth-order valence-corrected chi connectivity index (χ4v) is 2.08. The van der Waals surface area contributed by atoms with Gasteiger partial charge in [-0.1, -0.05) is 17.7 Å². The Kier molecular flexibility index (Phi) is 3.44. The van der Waals surface area contributed by atoms with Gasteiger partial charge in [0.2, 0.25) is 0 Å². The zero-order valence-corrected chi connectivity index (χ0v) is 9.56. The van der Waals surface area contributed by atoms with Crippen LogP contribution in [0.3, 0.4) is 0 Å². The number of nitrogens with zero attached hydrogens (tertiary/aromatic N) is 1. The molecule has 0 bridgehead atoms. The molecule has 3 nitrogen and oxygen atoms in total. The molecule has 1 aromatic carbocycles. The van der Waals surface area contributed by atoms with E-state index >= 15 is 0 Å². The molecule has 16 heavy (non-hydrogen) atoms. The van der Waals surface area contributed by atoms with Crippen molar-refractivity contribution >= 4 is 12.2 Å². The second kappa shape index (κ2) is 5.01. The molecule has 0 aromatic heterocycles. The zero-order chi connectivity index (χ0) is 11.4. The molecule has 1 aromatic rings. The molecule has 0 unspecified atom stereocenters. The number of aryl methyl sites for hydroxylation is 1. The van der Waals surface area contributed by atoms with Gasteiger partial charge in [0.05, 0.1) is 0 Å². The molecular weight excluding hydrogens is 202 g/mol. The maximum atomic E-state index is 10.2. The highest BCUT2D eigenvalue weighted by Crippen LogP contribution is 2.21. The van der Waals surface area contributed by atoms with Crippen molar-refractivity contribution in [3.05, 3.63) is 29.8 Å². The topological polar surface area (TPSA) is 29.5 Å². The molecular formula is C13H17NO2. The van der Waals surface area contributed by atoms with Crippen LogP contribution < -0.4 is 4.90 Å². The van der Waals surface area contributed by atoms with E-state index in [-0.39, 0.29) is 6.10 Å². The summed E-state index contributed by atoms with van der Waals surface area (Å²) in [5, 5.41) is 0. The lowest BCUT2D eigenvalue weighted by Gasteiger charge is -2.32. The molecule has 0 saturated carbocycles. The Bertz CT molecular complexity index is 339. The van der Waals surface area contributed by atoms with Crippen molar-refractivity contribution in [1.82, 2.24) is 0 Å². The highest BCUT2D eigenvalue weighted by molar-refractivity contribution is 5.48. The minimum absolute atomic E-state index is 0.110. The Morgan fingerprint density at radius 2 is 1.88 bits per heavy atom. The quantitative estimate of drug-likeness (QED) is 0.729. The predicted molar refractivity (Wildman–Crippen MR) is 63.6 cm³/mol. The lowest BCUT2D eigenvalue weighted by molar-refractivity contribution is -0.134. The van der Waals surface area contributed by atoms with Crippen molar-refractivity contribution in [3.8, 4) is 0 Å². The van der Waals surface area contributed by atoms with Crippen LogP contribution >= 0.6 is 0 Å². The van der Waals surface area contributed by atoms with Crippen LogP contribution in [0.25, 0.3) is 0 Å². The monoisotopic (exact) mass is 219 g/mol. The third-order valence-electron chi connectivity index (χ3n) is 3.09. The third kappa shape index (κ3) is 2.54. The summed E-state index contributed by atoms with van der Waals surface area (Å²) in [5.74, 6) is 0. The van der Waals surface area contributed by atoms with Crippen molar-refractivity contribution in [1.29, 1.82) is 0 Å². The van der Waals surface area contributed by atoms with Crippen molar-refractivity contribution < 1.29 is 9.53 Å². The lowest BCUT2D eigenvalue weighted by atomic mass is 10.1. The fraction of sp³-hybridized carbons (Fsp3) is 0.462. The maximum Gasteiger partial charge on any atom is 0.293 e. The van der Waals surface area contributed by atoms with E-state index in [1.807, 2.05) is 0 Å². The summed E-state index contributed by atoms with van der Waals surface area (Å²) in [7, 11) is 0. The maximum absolute atomic E-state index is 10.2. The van der Waals surface area contributed by atoms with Crippen molar-refractivity contribution in [2.45, 2.75) is 25.9 Å². The lowest BCUT2D eigenvalue weighted by Crippen LogP contribution is -2.36. The van der Waals surface area contributed by atoms with E-state index in [0.29, 0.717) is 6.47 Å². The first kappa shape index (κ1) is 11.0. The molecule has 1 aliphatic rings. The molecule has 1 aliphatic heterocycles. The number of ether oxygens (including phenoxy) is 1. The van der Waals surface area contributed by atoms with E-state index in [4.69, 9.17) is 4.74 Å².